The van der Waals surface area contributed by atoms with Gasteiger partial charge in [-0.1, -0.05) is 13.3 Å². The van der Waals surface area contributed by atoms with E-state index in [0.717, 1.165) is 43.1 Å². The quantitative estimate of drug-likeness (QED) is 0.622. The maximum atomic E-state index is 5.75. The summed E-state index contributed by atoms with van der Waals surface area (Å²) < 4.78 is 11.4. The van der Waals surface area contributed by atoms with E-state index in [4.69, 9.17) is 15.2 Å². The molecule has 0 aliphatic carbocycles. The number of unbranched alkanes of at least 4 members (excludes halogenated alkanes) is 1. The summed E-state index contributed by atoms with van der Waals surface area (Å²) in [6.45, 7) is 4.31. The van der Waals surface area contributed by atoms with Crippen molar-refractivity contribution in [1.29, 1.82) is 0 Å². The molecule has 0 fully saturated rings. The van der Waals surface area contributed by atoms with Crippen molar-refractivity contribution < 1.29 is 9.47 Å². The highest BCUT2D eigenvalue weighted by Crippen LogP contribution is 2.28. The third-order valence-electron chi connectivity index (χ3n) is 2.80. The first-order valence-electron chi connectivity index (χ1n) is 6.17. The lowest BCUT2D eigenvalue weighted by Crippen LogP contribution is -2.27. The summed E-state index contributed by atoms with van der Waals surface area (Å²) >= 11 is 0. The van der Waals surface area contributed by atoms with Gasteiger partial charge in [-0.25, -0.2) is 0 Å². The predicted molar refractivity (Wildman–Crippen MR) is 69.5 cm³/mol. The van der Waals surface area contributed by atoms with Crippen LogP contribution in [0.15, 0.2) is 18.2 Å². The van der Waals surface area contributed by atoms with Crippen LogP contribution in [0, 0.1) is 0 Å². The van der Waals surface area contributed by atoms with Crippen LogP contribution < -0.4 is 15.8 Å². The number of nitrogens with two attached hydrogens (primary N) is 1. The zero-order chi connectivity index (χ0) is 12.1. The third-order valence-corrected chi connectivity index (χ3v) is 2.80. The van der Waals surface area contributed by atoms with Crippen molar-refractivity contribution >= 4 is 11.4 Å². The number of hydrogen-bond donors (Lipinski definition) is 2. The van der Waals surface area contributed by atoms with Gasteiger partial charge in [-0.05, 0) is 24.6 Å². The lowest BCUT2D eigenvalue weighted by atomic mass is 10.2. The Morgan fingerprint density at radius 3 is 3.24 bits per heavy atom. The van der Waals surface area contributed by atoms with Crippen molar-refractivity contribution in [2.45, 2.75) is 25.9 Å². The van der Waals surface area contributed by atoms with Gasteiger partial charge < -0.3 is 20.5 Å². The van der Waals surface area contributed by atoms with Gasteiger partial charge in [0.1, 0.15) is 18.5 Å². The van der Waals surface area contributed by atoms with E-state index in [0.29, 0.717) is 6.61 Å². The second-order valence-electron chi connectivity index (χ2n) is 4.29. The number of benzene rings is 1. The molecule has 3 N–H and O–H groups in total. The van der Waals surface area contributed by atoms with Crippen molar-refractivity contribution in [3.63, 3.8) is 0 Å². The summed E-state index contributed by atoms with van der Waals surface area (Å²) in [6, 6.07) is 5.63. The summed E-state index contributed by atoms with van der Waals surface area (Å²) in [6.07, 6.45) is 2.35. The summed E-state index contributed by atoms with van der Waals surface area (Å²) in [5.74, 6) is 0.848. The highest BCUT2D eigenvalue weighted by atomic mass is 16.5. The molecule has 0 saturated carbocycles. The van der Waals surface area contributed by atoms with Crippen LogP contribution in [0.4, 0.5) is 11.4 Å². The second-order valence-corrected chi connectivity index (χ2v) is 4.29. The average Bonchev–Trinajstić information content (AvgIpc) is 2.52. The van der Waals surface area contributed by atoms with Crippen LogP contribution in [-0.4, -0.2) is 25.9 Å². The van der Waals surface area contributed by atoms with Crippen LogP contribution in [-0.2, 0) is 4.74 Å². The maximum Gasteiger partial charge on any atom is 0.142 e. The number of fused-ring (bicyclic) bond motifs is 1. The minimum Gasteiger partial charge on any atom is -0.489 e. The molecule has 0 amide bonds. The molecule has 0 aromatic heterocycles. The number of anilines is 2. The summed E-state index contributed by atoms with van der Waals surface area (Å²) in [5.41, 5.74) is 7.43. The zero-order valence-electron chi connectivity index (χ0n) is 10.2. The molecule has 17 heavy (non-hydrogen) atoms. The zero-order valence-corrected chi connectivity index (χ0v) is 10.2. The van der Waals surface area contributed by atoms with Crippen LogP contribution in [0.3, 0.4) is 0 Å². The Labute approximate surface area is 102 Å². The Balaban J connectivity index is 1.92. The van der Waals surface area contributed by atoms with Crippen molar-refractivity contribution in [3.05, 3.63) is 18.2 Å². The van der Waals surface area contributed by atoms with E-state index in [1.807, 2.05) is 18.2 Å². The number of nitrogen functional groups attached to an aromatic ring is 1. The number of hydrogen-bond acceptors (Lipinski definition) is 4. The van der Waals surface area contributed by atoms with Gasteiger partial charge in [0.25, 0.3) is 0 Å². The highest BCUT2D eigenvalue weighted by molar-refractivity contribution is 5.63. The Bertz CT molecular complexity index is 368. The summed E-state index contributed by atoms with van der Waals surface area (Å²) in [5, 5.41) is 3.31. The standard InChI is InChI=1S/C13H20N2O2/c1-2-3-6-16-11-8-15-12-7-10(14)4-5-13(12)17-9-11/h4-5,7,11,15H,2-3,6,8-9,14H2,1H3/t11-/m1/s1. The molecule has 0 bridgehead atoms. The fraction of sp³-hybridized carbons (Fsp3) is 0.538. The maximum absolute atomic E-state index is 5.75. The molecule has 4 nitrogen and oxygen atoms in total. The molecule has 1 heterocycles. The number of nitrogens with one attached hydrogen (secondary N) is 1. The van der Waals surface area contributed by atoms with E-state index in [1.165, 1.54) is 0 Å². The number of rotatable bonds is 4. The fourth-order valence-corrected chi connectivity index (χ4v) is 1.78. The van der Waals surface area contributed by atoms with Crippen LogP contribution in [0.1, 0.15) is 19.8 Å². The van der Waals surface area contributed by atoms with E-state index in [-0.39, 0.29) is 6.10 Å². The van der Waals surface area contributed by atoms with E-state index < -0.39 is 0 Å². The van der Waals surface area contributed by atoms with E-state index in [2.05, 4.69) is 12.2 Å². The molecule has 1 aromatic rings. The fourth-order valence-electron chi connectivity index (χ4n) is 1.78. The largest absolute Gasteiger partial charge is 0.489 e. The summed E-state index contributed by atoms with van der Waals surface area (Å²) in [7, 11) is 0. The SMILES string of the molecule is CCCCO[C@@H]1CNc2cc(N)ccc2OC1. The highest BCUT2D eigenvalue weighted by Gasteiger charge is 2.16. The van der Waals surface area contributed by atoms with Gasteiger partial charge in [0.05, 0.1) is 5.69 Å². The normalized spacial score (nSPS) is 18.8. The lowest BCUT2D eigenvalue weighted by Gasteiger charge is -2.14. The van der Waals surface area contributed by atoms with Gasteiger partial charge in [-0.3, -0.25) is 0 Å². The van der Waals surface area contributed by atoms with Crippen molar-refractivity contribution in [1.82, 2.24) is 0 Å². The average molecular weight is 236 g/mol. The summed E-state index contributed by atoms with van der Waals surface area (Å²) in [4.78, 5) is 0. The van der Waals surface area contributed by atoms with Gasteiger partial charge in [0, 0.05) is 18.8 Å². The monoisotopic (exact) mass is 236 g/mol. The molecule has 1 aliphatic heterocycles. The third kappa shape index (κ3) is 3.27. The van der Waals surface area contributed by atoms with Crippen LogP contribution in [0.2, 0.25) is 0 Å². The van der Waals surface area contributed by atoms with Gasteiger partial charge in [0.15, 0.2) is 0 Å². The first-order chi connectivity index (χ1) is 8.29. The minimum absolute atomic E-state index is 0.107. The topological polar surface area (TPSA) is 56.5 Å². The van der Waals surface area contributed by atoms with Crippen molar-refractivity contribution in [3.8, 4) is 5.75 Å². The molecular weight excluding hydrogens is 216 g/mol. The van der Waals surface area contributed by atoms with Crippen LogP contribution in [0.25, 0.3) is 0 Å². The molecule has 2 rings (SSSR count). The Morgan fingerprint density at radius 1 is 1.53 bits per heavy atom. The molecule has 0 saturated heterocycles. The minimum atomic E-state index is 0.107. The van der Waals surface area contributed by atoms with Gasteiger partial charge in [-0.2, -0.15) is 0 Å². The molecular formula is C13H20N2O2. The van der Waals surface area contributed by atoms with Gasteiger partial charge in [0.2, 0.25) is 0 Å². The van der Waals surface area contributed by atoms with Crippen molar-refractivity contribution in [2.24, 2.45) is 0 Å². The van der Waals surface area contributed by atoms with E-state index >= 15 is 0 Å². The lowest BCUT2D eigenvalue weighted by molar-refractivity contribution is 0.0299. The molecule has 0 unspecified atom stereocenters. The molecule has 94 valence electrons. The second kappa shape index (κ2) is 5.77. The van der Waals surface area contributed by atoms with E-state index in [1.54, 1.807) is 0 Å². The molecule has 4 heteroatoms. The molecule has 1 atom stereocenters. The number of ether oxygens (including phenoxy) is 2. The first kappa shape index (κ1) is 12.0. The van der Waals surface area contributed by atoms with Crippen LogP contribution in [0.5, 0.6) is 5.75 Å². The van der Waals surface area contributed by atoms with Gasteiger partial charge in [-0.15, -0.1) is 0 Å². The smallest absolute Gasteiger partial charge is 0.142 e. The predicted octanol–water partition coefficient (Wildman–Crippen LogP) is 2.26. The molecule has 0 spiro atoms. The Morgan fingerprint density at radius 2 is 2.41 bits per heavy atom. The molecule has 1 aliphatic rings. The Kier molecular flexibility index (Phi) is 4.09. The van der Waals surface area contributed by atoms with Gasteiger partial charge >= 0.3 is 0 Å². The van der Waals surface area contributed by atoms with E-state index in [9.17, 15) is 0 Å². The molecule has 0 radical (unpaired) electrons. The first-order valence-corrected chi connectivity index (χ1v) is 6.17. The molecule has 1 aromatic carbocycles. The van der Waals surface area contributed by atoms with Crippen molar-refractivity contribution in [2.75, 3.05) is 30.8 Å². The van der Waals surface area contributed by atoms with Crippen LogP contribution >= 0.6 is 0 Å². The Hall–Kier alpha value is -1.42.